The Labute approximate surface area is 150 Å². The molecule has 2 aliphatic heterocycles. The maximum absolute atomic E-state index is 12.4. The van der Waals surface area contributed by atoms with Gasteiger partial charge in [-0.05, 0) is 43.7 Å². The molecule has 3 heterocycles. The van der Waals surface area contributed by atoms with E-state index in [1.807, 2.05) is 0 Å². The van der Waals surface area contributed by atoms with E-state index >= 15 is 0 Å². The van der Waals surface area contributed by atoms with E-state index in [1.165, 1.54) is 12.0 Å². The van der Waals surface area contributed by atoms with Gasteiger partial charge >= 0.3 is 0 Å². The normalized spacial score (nSPS) is 22.5. The van der Waals surface area contributed by atoms with Crippen molar-refractivity contribution in [1.82, 2.24) is 19.2 Å². The summed E-state index contributed by atoms with van der Waals surface area (Å²) in [5.74, 6) is 1.28. The van der Waals surface area contributed by atoms with Crippen molar-refractivity contribution in [3.63, 3.8) is 0 Å². The highest BCUT2D eigenvalue weighted by Crippen LogP contribution is 2.27. The fourth-order valence-corrected chi connectivity index (χ4v) is 5.32. The molecule has 1 aromatic rings. The Morgan fingerprint density at radius 2 is 1.80 bits per heavy atom. The predicted octanol–water partition coefficient (Wildman–Crippen LogP) is 1.11. The number of fused-ring (bicyclic) bond motifs is 1. The van der Waals surface area contributed by atoms with Crippen molar-refractivity contribution in [2.24, 2.45) is 5.92 Å². The molecule has 4 rings (SSSR count). The second-order valence-electron chi connectivity index (χ2n) is 7.47. The summed E-state index contributed by atoms with van der Waals surface area (Å²) in [6.45, 7) is 3.49. The van der Waals surface area contributed by atoms with Crippen molar-refractivity contribution in [3.8, 4) is 0 Å². The van der Waals surface area contributed by atoms with E-state index in [0.29, 0.717) is 25.6 Å². The highest BCUT2D eigenvalue weighted by Gasteiger charge is 2.31. The molecule has 3 aliphatic rings. The molecule has 7 nitrogen and oxygen atoms in total. The average molecular weight is 366 g/mol. The third-order valence-corrected chi connectivity index (χ3v) is 7.12. The van der Waals surface area contributed by atoms with E-state index in [1.54, 1.807) is 4.31 Å². The number of nitrogens with zero attached hydrogens (tertiary/aromatic N) is 4. The van der Waals surface area contributed by atoms with Crippen LogP contribution in [0.3, 0.4) is 0 Å². The first-order valence-corrected chi connectivity index (χ1v) is 10.9. The molecule has 2 saturated heterocycles. The Morgan fingerprint density at radius 1 is 1.04 bits per heavy atom. The van der Waals surface area contributed by atoms with Crippen LogP contribution in [-0.4, -0.2) is 55.6 Å². The largest absolute Gasteiger partial charge is 0.354 e. The fourth-order valence-electron chi connectivity index (χ4n) is 3.95. The monoisotopic (exact) mass is 365 g/mol. The number of aromatic nitrogens is 2. The van der Waals surface area contributed by atoms with E-state index in [4.69, 9.17) is 0 Å². The van der Waals surface area contributed by atoms with Gasteiger partial charge in [0.05, 0.1) is 5.69 Å². The van der Waals surface area contributed by atoms with E-state index in [0.717, 1.165) is 63.1 Å². The zero-order valence-corrected chi connectivity index (χ0v) is 15.5. The van der Waals surface area contributed by atoms with Crippen LogP contribution >= 0.6 is 0 Å². The first-order chi connectivity index (χ1) is 12.1. The van der Waals surface area contributed by atoms with Crippen molar-refractivity contribution in [2.45, 2.75) is 44.9 Å². The first kappa shape index (κ1) is 17.2. The van der Waals surface area contributed by atoms with Gasteiger partial charge in [0.1, 0.15) is 0 Å². The van der Waals surface area contributed by atoms with Crippen LogP contribution in [0.1, 0.15) is 43.4 Å². The smallest absolute Gasteiger partial charge is 0.279 e. The Balaban J connectivity index is 1.27. The quantitative estimate of drug-likeness (QED) is 0.846. The molecule has 138 valence electrons. The van der Waals surface area contributed by atoms with Crippen LogP contribution < -0.4 is 9.62 Å². The summed E-state index contributed by atoms with van der Waals surface area (Å²) in [6.07, 6.45) is 7.52. The molecule has 2 fully saturated rings. The molecule has 1 aromatic heterocycles. The lowest BCUT2D eigenvalue weighted by molar-refractivity contribution is 0.380. The van der Waals surface area contributed by atoms with Crippen molar-refractivity contribution in [1.29, 1.82) is 0 Å². The summed E-state index contributed by atoms with van der Waals surface area (Å²) in [6, 6.07) is 2.16. The summed E-state index contributed by atoms with van der Waals surface area (Å²) >= 11 is 0. The van der Waals surface area contributed by atoms with Crippen LogP contribution in [0.4, 0.5) is 5.82 Å². The number of aryl methyl sites for hydroxylation is 2. The topological polar surface area (TPSA) is 78.4 Å². The maximum atomic E-state index is 12.4. The minimum atomic E-state index is -3.33. The molecule has 0 radical (unpaired) electrons. The average Bonchev–Trinajstić information content (AvgIpc) is 2.84. The molecule has 25 heavy (non-hydrogen) atoms. The number of hydrogen-bond donors (Lipinski definition) is 1. The summed E-state index contributed by atoms with van der Waals surface area (Å²) in [7, 11) is -3.33. The lowest BCUT2D eigenvalue weighted by Crippen LogP contribution is -2.53. The zero-order valence-electron chi connectivity index (χ0n) is 14.7. The van der Waals surface area contributed by atoms with Gasteiger partial charge < -0.3 is 4.90 Å². The lowest BCUT2D eigenvalue weighted by Gasteiger charge is -2.40. The van der Waals surface area contributed by atoms with E-state index < -0.39 is 10.2 Å². The van der Waals surface area contributed by atoms with Crippen molar-refractivity contribution < 1.29 is 8.42 Å². The van der Waals surface area contributed by atoms with E-state index in [-0.39, 0.29) is 0 Å². The zero-order chi connectivity index (χ0) is 17.3. The van der Waals surface area contributed by atoms with Gasteiger partial charge in [0.25, 0.3) is 10.2 Å². The van der Waals surface area contributed by atoms with Crippen LogP contribution in [0.2, 0.25) is 0 Å². The van der Waals surface area contributed by atoms with Gasteiger partial charge in [-0.15, -0.1) is 5.10 Å². The maximum Gasteiger partial charge on any atom is 0.279 e. The minimum Gasteiger partial charge on any atom is -0.354 e. The number of anilines is 1. The van der Waals surface area contributed by atoms with Crippen LogP contribution in [0.15, 0.2) is 6.07 Å². The molecule has 0 saturated carbocycles. The molecule has 0 atom stereocenters. The Kier molecular flexibility index (Phi) is 4.92. The van der Waals surface area contributed by atoms with E-state index in [2.05, 4.69) is 25.9 Å². The number of rotatable bonds is 5. The van der Waals surface area contributed by atoms with Gasteiger partial charge in [-0.1, -0.05) is 12.8 Å². The van der Waals surface area contributed by atoms with Crippen molar-refractivity contribution in [2.75, 3.05) is 37.6 Å². The SMILES string of the molecule is O=S(=O)(NCC1CN(c2cc3c(nn2)CCC3)C1)N1CCCCCC1. The molecule has 0 unspecified atom stereocenters. The minimum absolute atomic E-state index is 0.344. The van der Waals surface area contributed by atoms with Crippen LogP contribution in [-0.2, 0) is 23.1 Å². The summed E-state index contributed by atoms with van der Waals surface area (Å²) in [4.78, 5) is 2.19. The molecule has 1 N–H and O–H groups in total. The highest BCUT2D eigenvalue weighted by atomic mass is 32.2. The van der Waals surface area contributed by atoms with E-state index in [9.17, 15) is 8.42 Å². The van der Waals surface area contributed by atoms with Crippen LogP contribution in [0.5, 0.6) is 0 Å². The summed E-state index contributed by atoms with van der Waals surface area (Å²) in [5.41, 5.74) is 2.47. The summed E-state index contributed by atoms with van der Waals surface area (Å²) in [5, 5.41) is 8.66. The number of hydrogen-bond acceptors (Lipinski definition) is 5. The second kappa shape index (κ2) is 7.17. The van der Waals surface area contributed by atoms with Gasteiger partial charge in [-0.25, -0.2) is 4.72 Å². The van der Waals surface area contributed by atoms with Crippen LogP contribution in [0.25, 0.3) is 0 Å². The fraction of sp³-hybridized carbons (Fsp3) is 0.765. The van der Waals surface area contributed by atoms with Gasteiger partial charge in [0, 0.05) is 38.6 Å². The number of nitrogens with one attached hydrogen (secondary N) is 1. The Hall–Kier alpha value is -1.25. The highest BCUT2D eigenvalue weighted by molar-refractivity contribution is 7.87. The molecular formula is C17H27N5O2S. The molecule has 0 aromatic carbocycles. The molecular weight excluding hydrogens is 338 g/mol. The molecule has 0 spiro atoms. The molecule has 0 bridgehead atoms. The third-order valence-electron chi connectivity index (χ3n) is 5.55. The van der Waals surface area contributed by atoms with Gasteiger partial charge in [0.2, 0.25) is 0 Å². The Morgan fingerprint density at radius 3 is 2.56 bits per heavy atom. The van der Waals surface area contributed by atoms with Crippen LogP contribution in [0, 0.1) is 5.92 Å². The molecule has 1 aliphatic carbocycles. The van der Waals surface area contributed by atoms with Gasteiger partial charge in [0.15, 0.2) is 5.82 Å². The van der Waals surface area contributed by atoms with Gasteiger partial charge in [-0.2, -0.15) is 17.8 Å². The standard InChI is InChI=1S/C17H27N5O2S/c23-25(24,22-8-3-1-2-4-9-22)18-11-14-12-21(13-14)17-10-15-6-5-7-16(15)19-20-17/h10,14,18H,1-9,11-13H2. The lowest BCUT2D eigenvalue weighted by atomic mass is 10.0. The third kappa shape index (κ3) is 3.80. The van der Waals surface area contributed by atoms with Crippen molar-refractivity contribution in [3.05, 3.63) is 17.3 Å². The van der Waals surface area contributed by atoms with Crippen molar-refractivity contribution >= 4 is 16.0 Å². The Bertz CT molecular complexity index is 710. The van der Waals surface area contributed by atoms with Gasteiger partial charge in [-0.3, -0.25) is 0 Å². The molecule has 0 amide bonds. The summed E-state index contributed by atoms with van der Waals surface area (Å²) < 4.78 is 29.3. The first-order valence-electron chi connectivity index (χ1n) is 9.47. The molecule has 8 heteroatoms. The predicted molar refractivity (Wildman–Crippen MR) is 96.7 cm³/mol. The second-order valence-corrected chi connectivity index (χ2v) is 9.22.